The van der Waals surface area contributed by atoms with Gasteiger partial charge in [0.05, 0.1) is 11.4 Å². The smallest absolute Gasteiger partial charge is 0.324 e. The van der Waals surface area contributed by atoms with Crippen LogP contribution in [-0.2, 0) is 21.4 Å². The van der Waals surface area contributed by atoms with Crippen molar-refractivity contribution < 1.29 is 14.4 Å². The Morgan fingerprint density at radius 1 is 0.977 bits per heavy atom. The van der Waals surface area contributed by atoms with Crippen molar-refractivity contribution in [3.8, 4) is 5.69 Å². The van der Waals surface area contributed by atoms with Crippen LogP contribution in [0.3, 0.4) is 0 Å². The molecule has 3 atom stereocenters. The van der Waals surface area contributed by atoms with E-state index in [1.807, 2.05) is 55.5 Å². The highest BCUT2D eigenvalue weighted by atomic mass is 16.2. The number of carbonyl (C=O) groups excluding carboxylic acids is 3. The van der Waals surface area contributed by atoms with Crippen LogP contribution in [0.5, 0.6) is 0 Å². The molecule has 6 rings (SSSR count). The SMILES string of the molecule is Cc1ccc(-n2nc(C(C)(C)C)cc2NC(=O)Nc2cccc(CC3CC4CCC(C3)N4C(=O)C3CCC(=O)N3)c2)cc1. The van der Waals surface area contributed by atoms with E-state index in [1.54, 1.807) is 4.68 Å². The van der Waals surface area contributed by atoms with Crippen LogP contribution in [0.1, 0.15) is 76.1 Å². The number of hydrogen-bond donors (Lipinski definition) is 3. The van der Waals surface area contributed by atoms with Gasteiger partial charge >= 0.3 is 6.03 Å². The van der Waals surface area contributed by atoms with Crippen LogP contribution >= 0.6 is 0 Å². The summed E-state index contributed by atoms with van der Waals surface area (Å²) in [4.78, 5) is 40.1. The summed E-state index contributed by atoms with van der Waals surface area (Å²) in [5.41, 5.74) is 4.66. The average molecular weight is 583 g/mol. The van der Waals surface area contributed by atoms with Crippen LogP contribution < -0.4 is 16.0 Å². The van der Waals surface area contributed by atoms with Gasteiger partial charge in [-0.15, -0.1) is 0 Å². The summed E-state index contributed by atoms with van der Waals surface area (Å²) < 4.78 is 1.78. The van der Waals surface area contributed by atoms with E-state index in [0.717, 1.165) is 54.7 Å². The molecule has 0 spiro atoms. The average Bonchev–Trinajstić information content (AvgIpc) is 3.65. The van der Waals surface area contributed by atoms with E-state index in [4.69, 9.17) is 5.10 Å². The Balaban J connectivity index is 1.10. The van der Waals surface area contributed by atoms with Crippen molar-refractivity contribution in [2.24, 2.45) is 5.92 Å². The van der Waals surface area contributed by atoms with Gasteiger partial charge in [0.15, 0.2) is 0 Å². The van der Waals surface area contributed by atoms with E-state index in [-0.39, 0.29) is 41.4 Å². The molecule has 3 unspecified atom stereocenters. The molecule has 0 aliphatic carbocycles. The lowest BCUT2D eigenvalue weighted by Gasteiger charge is -2.40. The van der Waals surface area contributed by atoms with Gasteiger partial charge in [-0.05, 0) is 81.2 Å². The van der Waals surface area contributed by atoms with Gasteiger partial charge < -0.3 is 15.5 Å². The standard InChI is InChI=1S/C34H42N6O3/c1-21-8-10-25(11-9-21)40-30(20-29(38-40)34(2,3)4)37-33(43)35-24-7-5-6-22(17-24)16-23-18-26-12-13-27(19-23)39(26)32(42)28-14-15-31(41)36-28/h5-11,17,20,23,26-28H,12-16,18-19H2,1-4H3,(H,36,41)(H2,35,37,43). The summed E-state index contributed by atoms with van der Waals surface area (Å²) in [6, 6.07) is 17.9. The minimum absolute atomic E-state index is 0.0192. The topological polar surface area (TPSA) is 108 Å². The number of anilines is 2. The molecule has 3 saturated heterocycles. The Bertz CT molecular complexity index is 1510. The van der Waals surface area contributed by atoms with E-state index in [1.165, 1.54) is 5.56 Å². The Kier molecular flexibility index (Phi) is 7.75. The number of nitrogens with zero attached hydrogens (tertiary/aromatic N) is 3. The monoisotopic (exact) mass is 582 g/mol. The second-order valence-electron chi connectivity index (χ2n) is 13.5. The van der Waals surface area contributed by atoms with Crippen LogP contribution in [-0.4, -0.2) is 50.7 Å². The molecule has 2 aromatic carbocycles. The molecule has 3 N–H and O–H groups in total. The van der Waals surface area contributed by atoms with Crippen LogP contribution in [0, 0.1) is 12.8 Å². The fourth-order valence-electron chi connectivity index (χ4n) is 6.90. The van der Waals surface area contributed by atoms with Crippen molar-refractivity contribution in [2.75, 3.05) is 10.6 Å². The maximum Gasteiger partial charge on any atom is 0.324 e. The molecule has 4 amide bonds. The molecule has 3 aliphatic rings. The summed E-state index contributed by atoms with van der Waals surface area (Å²) in [7, 11) is 0. The summed E-state index contributed by atoms with van der Waals surface area (Å²) in [6.07, 6.45) is 5.97. The lowest BCUT2D eigenvalue weighted by atomic mass is 9.85. The maximum absolute atomic E-state index is 13.2. The quantitative estimate of drug-likeness (QED) is 0.346. The van der Waals surface area contributed by atoms with Gasteiger partial charge in [0.2, 0.25) is 11.8 Å². The van der Waals surface area contributed by atoms with Crippen LogP contribution in [0.2, 0.25) is 0 Å². The number of piperidine rings is 1. The summed E-state index contributed by atoms with van der Waals surface area (Å²) in [5, 5.41) is 13.7. The third-order valence-corrected chi connectivity index (χ3v) is 9.09. The summed E-state index contributed by atoms with van der Waals surface area (Å²) in [6.45, 7) is 8.35. The van der Waals surface area contributed by atoms with Gasteiger partial charge in [0.25, 0.3) is 0 Å². The second-order valence-corrected chi connectivity index (χ2v) is 13.5. The molecule has 1 aromatic heterocycles. The van der Waals surface area contributed by atoms with Crippen molar-refractivity contribution in [1.29, 1.82) is 0 Å². The first-order valence-corrected chi connectivity index (χ1v) is 15.5. The highest BCUT2D eigenvalue weighted by molar-refractivity contribution is 5.99. The second kappa shape index (κ2) is 11.5. The van der Waals surface area contributed by atoms with E-state index in [2.05, 4.69) is 47.7 Å². The summed E-state index contributed by atoms with van der Waals surface area (Å²) in [5.74, 6) is 1.17. The number of urea groups is 1. The summed E-state index contributed by atoms with van der Waals surface area (Å²) >= 11 is 0. The van der Waals surface area contributed by atoms with Crippen LogP contribution in [0.4, 0.5) is 16.3 Å². The Morgan fingerprint density at radius 2 is 1.70 bits per heavy atom. The van der Waals surface area contributed by atoms with Crippen molar-refractivity contribution in [1.82, 2.24) is 20.0 Å². The first-order chi connectivity index (χ1) is 20.5. The number of fused-ring (bicyclic) bond motifs is 2. The molecule has 2 bridgehead atoms. The molecule has 9 nitrogen and oxygen atoms in total. The zero-order chi connectivity index (χ0) is 30.3. The van der Waals surface area contributed by atoms with Gasteiger partial charge in [-0.25, -0.2) is 9.48 Å². The van der Waals surface area contributed by atoms with E-state index in [0.29, 0.717) is 24.6 Å². The third kappa shape index (κ3) is 6.31. The Labute approximate surface area is 253 Å². The Morgan fingerprint density at radius 3 is 2.35 bits per heavy atom. The maximum atomic E-state index is 13.2. The fraction of sp³-hybridized carbons (Fsp3) is 0.471. The predicted molar refractivity (Wildman–Crippen MR) is 167 cm³/mol. The molecular weight excluding hydrogens is 540 g/mol. The molecule has 9 heteroatoms. The molecule has 3 aliphatic heterocycles. The molecule has 0 saturated carbocycles. The number of aromatic nitrogens is 2. The van der Waals surface area contributed by atoms with Crippen molar-refractivity contribution in [2.45, 2.75) is 96.2 Å². The Hall–Kier alpha value is -4.14. The van der Waals surface area contributed by atoms with Crippen LogP contribution in [0.25, 0.3) is 5.69 Å². The molecule has 43 heavy (non-hydrogen) atoms. The molecule has 3 fully saturated rings. The normalized spacial score (nSPS) is 23.3. The number of benzene rings is 2. The van der Waals surface area contributed by atoms with Crippen molar-refractivity contribution >= 4 is 29.4 Å². The highest BCUT2D eigenvalue weighted by Gasteiger charge is 2.45. The lowest BCUT2D eigenvalue weighted by Crippen LogP contribution is -2.53. The molecule has 226 valence electrons. The minimum Gasteiger partial charge on any atom is -0.344 e. The number of rotatable bonds is 6. The zero-order valence-corrected chi connectivity index (χ0v) is 25.5. The number of hydrogen-bond acceptors (Lipinski definition) is 4. The predicted octanol–water partition coefficient (Wildman–Crippen LogP) is 5.71. The van der Waals surface area contributed by atoms with Gasteiger partial charge in [-0.3, -0.25) is 14.9 Å². The van der Waals surface area contributed by atoms with Crippen molar-refractivity contribution in [3.05, 3.63) is 71.4 Å². The van der Waals surface area contributed by atoms with Gasteiger partial charge in [-0.1, -0.05) is 50.6 Å². The number of amides is 4. The zero-order valence-electron chi connectivity index (χ0n) is 25.5. The highest BCUT2D eigenvalue weighted by Crippen LogP contribution is 2.41. The largest absolute Gasteiger partial charge is 0.344 e. The molecule has 4 heterocycles. The van der Waals surface area contributed by atoms with Crippen molar-refractivity contribution in [3.63, 3.8) is 0 Å². The van der Waals surface area contributed by atoms with Gasteiger partial charge in [0.1, 0.15) is 11.9 Å². The van der Waals surface area contributed by atoms with Gasteiger partial charge in [0, 0.05) is 35.7 Å². The van der Waals surface area contributed by atoms with Gasteiger partial charge in [-0.2, -0.15) is 5.10 Å². The van der Waals surface area contributed by atoms with E-state index >= 15 is 0 Å². The first kappa shape index (κ1) is 29.0. The number of nitrogens with one attached hydrogen (secondary N) is 3. The third-order valence-electron chi connectivity index (χ3n) is 9.09. The minimum atomic E-state index is -0.350. The van der Waals surface area contributed by atoms with E-state index in [9.17, 15) is 14.4 Å². The lowest BCUT2D eigenvalue weighted by molar-refractivity contribution is -0.139. The first-order valence-electron chi connectivity index (χ1n) is 15.5. The number of aryl methyl sites for hydroxylation is 1. The van der Waals surface area contributed by atoms with E-state index < -0.39 is 0 Å². The number of carbonyl (C=O) groups is 3. The molecule has 0 radical (unpaired) electrons. The molecule has 3 aromatic rings. The van der Waals surface area contributed by atoms with Crippen LogP contribution in [0.15, 0.2) is 54.6 Å². The fourth-order valence-corrected chi connectivity index (χ4v) is 6.90. The molecular formula is C34H42N6O3.